The van der Waals surface area contributed by atoms with Gasteiger partial charge in [-0.05, 0) is 24.1 Å². The molecule has 0 aromatic heterocycles. The van der Waals surface area contributed by atoms with E-state index in [1.54, 1.807) is 14.2 Å². The standard InChI is InChI=1S/C15H21NO4S/c1-16(21(18,19)11-5-10-20-2)13-15-7-3-6-14(12-15)8-4-9-17/h3,6-7,12,17H,5,9-11,13H2,1-2H3. The third-order valence-electron chi connectivity index (χ3n) is 2.87. The largest absolute Gasteiger partial charge is 0.385 e. The summed E-state index contributed by atoms with van der Waals surface area (Å²) in [6, 6.07) is 7.32. The van der Waals surface area contributed by atoms with Gasteiger partial charge in [0.1, 0.15) is 6.61 Å². The highest BCUT2D eigenvalue weighted by atomic mass is 32.2. The van der Waals surface area contributed by atoms with Gasteiger partial charge in [-0.3, -0.25) is 0 Å². The van der Waals surface area contributed by atoms with E-state index in [0.717, 1.165) is 11.1 Å². The highest BCUT2D eigenvalue weighted by molar-refractivity contribution is 7.89. The summed E-state index contributed by atoms with van der Waals surface area (Å²) < 4.78 is 30.4. The van der Waals surface area contributed by atoms with Crippen molar-refractivity contribution in [2.24, 2.45) is 0 Å². The van der Waals surface area contributed by atoms with Gasteiger partial charge in [-0.25, -0.2) is 12.7 Å². The fourth-order valence-corrected chi connectivity index (χ4v) is 2.93. The smallest absolute Gasteiger partial charge is 0.214 e. The van der Waals surface area contributed by atoms with Crippen molar-refractivity contribution in [3.63, 3.8) is 0 Å². The molecule has 1 aromatic carbocycles. The van der Waals surface area contributed by atoms with Crippen molar-refractivity contribution in [1.82, 2.24) is 4.31 Å². The van der Waals surface area contributed by atoms with Crippen LogP contribution < -0.4 is 0 Å². The molecule has 0 saturated heterocycles. The third kappa shape index (κ3) is 6.27. The highest BCUT2D eigenvalue weighted by Crippen LogP contribution is 2.10. The number of hydrogen-bond acceptors (Lipinski definition) is 4. The van der Waals surface area contributed by atoms with E-state index in [0.29, 0.717) is 19.6 Å². The van der Waals surface area contributed by atoms with Crippen LogP contribution in [0.1, 0.15) is 17.5 Å². The number of aliphatic hydroxyl groups excluding tert-OH is 1. The number of rotatable bonds is 7. The molecule has 0 amide bonds. The maximum Gasteiger partial charge on any atom is 0.214 e. The Balaban J connectivity index is 2.71. The van der Waals surface area contributed by atoms with Gasteiger partial charge >= 0.3 is 0 Å². The van der Waals surface area contributed by atoms with Gasteiger partial charge in [0.2, 0.25) is 10.0 Å². The predicted molar refractivity (Wildman–Crippen MR) is 82.2 cm³/mol. The molecule has 116 valence electrons. The van der Waals surface area contributed by atoms with Crippen molar-refractivity contribution in [2.45, 2.75) is 13.0 Å². The molecule has 0 unspecified atom stereocenters. The topological polar surface area (TPSA) is 66.8 Å². The first kappa shape index (κ1) is 17.7. The van der Waals surface area contributed by atoms with Crippen LogP contribution in [0, 0.1) is 11.8 Å². The summed E-state index contributed by atoms with van der Waals surface area (Å²) in [7, 11) is -0.169. The second-order valence-corrected chi connectivity index (χ2v) is 6.77. The monoisotopic (exact) mass is 311 g/mol. The molecule has 0 aliphatic heterocycles. The molecule has 1 aromatic rings. The summed E-state index contributed by atoms with van der Waals surface area (Å²) in [5, 5.41) is 8.68. The lowest BCUT2D eigenvalue weighted by Gasteiger charge is -2.17. The summed E-state index contributed by atoms with van der Waals surface area (Å²) >= 11 is 0. The third-order valence-corrected chi connectivity index (χ3v) is 4.75. The second kappa shape index (κ2) is 8.80. The Hall–Kier alpha value is -1.39. The van der Waals surface area contributed by atoms with Crippen molar-refractivity contribution in [3.8, 4) is 11.8 Å². The Bertz CT molecular complexity index is 602. The van der Waals surface area contributed by atoms with Crippen molar-refractivity contribution in [3.05, 3.63) is 35.4 Å². The molecule has 0 atom stereocenters. The van der Waals surface area contributed by atoms with E-state index in [2.05, 4.69) is 11.8 Å². The number of ether oxygens (including phenoxy) is 1. The molecular formula is C15H21NO4S. The van der Waals surface area contributed by atoms with Crippen LogP contribution in [0.4, 0.5) is 0 Å². The van der Waals surface area contributed by atoms with E-state index in [9.17, 15) is 8.42 Å². The summed E-state index contributed by atoms with van der Waals surface area (Å²) in [5.74, 6) is 5.44. The van der Waals surface area contributed by atoms with E-state index in [4.69, 9.17) is 9.84 Å². The average Bonchev–Trinajstić information content (AvgIpc) is 2.45. The van der Waals surface area contributed by atoms with Crippen LogP contribution in [0.3, 0.4) is 0 Å². The molecule has 0 heterocycles. The molecule has 0 radical (unpaired) electrons. The number of aliphatic hydroxyl groups is 1. The Morgan fingerprint density at radius 1 is 1.38 bits per heavy atom. The second-order valence-electron chi connectivity index (χ2n) is 4.58. The maximum atomic E-state index is 12.1. The molecule has 5 nitrogen and oxygen atoms in total. The van der Waals surface area contributed by atoms with Gasteiger partial charge in [-0.2, -0.15) is 0 Å². The zero-order valence-corrected chi connectivity index (χ0v) is 13.2. The average molecular weight is 311 g/mol. The van der Waals surface area contributed by atoms with Crippen LogP contribution >= 0.6 is 0 Å². The van der Waals surface area contributed by atoms with Gasteiger partial charge in [0.05, 0.1) is 5.75 Å². The Morgan fingerprint density at radius 2 is 2.14 bits per heavy atom. The molecular weight excluding hydrogens is 290 g/mol. The number of hydrogen-bond donors (Lipinski definition) is 1. The molecule has 21 heavy (non-hydrogen) atoms. The number of methoxy groups -OCH3 is 1. The summed E-state index contributed by atoms with van der Waals surface area (Å²) in [4.78, 5) is 0. The molecule has 1 N–H and O–H groups in total. The van der Waals surface area contributed by atoms with Gasteiger partial charge in [-0.1, -0.05) is 24.0 Å². The maximum absolute atomic E-state index is 12.1. The Kier molecular flexibility index (Phi) is 7.40. The predicted octanol–water partition coefficient (Wildman–Crippen LogP) is 0.828. The minimum atomic E-state index is -3.28. The van der Waals surface area contributed by atoms with Crippen molar-refractivity contribution in [2.75, 3.05) is 33.1 Å². The first-order valence-corrected chi connectivity index (χ1v) is 8.22. The number of sulfonamides is 1. The van der Waals surface area contributed by atoms with Crippen molar-refractivity contribution >= 4 is 10.0 Å². The first-order chi connectivity index (χ1) is 9.99. The fourth-order valence-electron chi connectivity index (χ4n) is 1.79. The van der Waals surface area contributed by atoms with Gasteiger partial charge in [0, 0.05) is 32.9 Å². The minimum Gasteiger partial charge on any atom is -0.385 e. The normalized spacial score (nSPS) is 11.2. The van der Waals surface area contributed by atoms with Crippen LogP contribution in [0.2, 0.25) is 0 Å². The fraction of sp³-hybridized carbons (Fsp3) is 0.467. The van der Waals surface area contributed by atoms with Crippen LogP contribution in [-0.4, -0.2) is 51.0 Å². The highest BCUT2D eigenvalue weighted by Gasteiger charge is 2.17. The quantitative estimate of drug-likeness (QED) is 0.598. The SMILES string of the molecule is COCCCS(=O)(=O)N(C)Cc1cccc(C#CCO)c1. The summed E-state index contributed by atoms with van der Waals surface area (Å²) in [6.45, 7) is 0.529. The van der Waals surface area contributed by atoms with E-state index in [1.807, 2.05) is 24.3 Å². The molecule has 0 aliphatic carbocycles. The first-order valence-electron chi connectivity index (χ1n) is 6.61. The Morgan fingerprint density at radius 3 is 2.81 bits per heavy atom. The lowest BCUT2D eigenvalue weighted by molar-refractivity contribution is 0.199. The lowest BCUT2D eigenvalue weighted by Crippen LogP contribution is -2.29. The summed E-state index contributed by atoms with van der Waals surface area (Å²) in [5.41, 5.74) is 1.62. The summed E-state index contributed by atoms with van der Waals surface area (Å²) in [6.07, 6.45) is 0.477. The van der Waals surface area contributed by atoms with Crippen molar-refractivity contribution < 1.29 is 18.3 Å². The van der Waals surface area contributed by atoms with Crippen LogP contribution in [0.5, 0.6) is 0 Å². The zero-order chi connectivity index (χ0) is 15.7. The van der Waals surface area contributed by atoms with Gasteiger partial charge < -0.3 is 9.84 Å². The van der Waals surface area contributed by atoms with Crippen LogP contribution in [-0.2, 0) is 21.3 Å². The molecule has 6 heteroatoms. The number of nitrogens with zero attached hydrogens (tertiary/aromatic N) is 1. The van der Waals surface area contributed by atoms with E-state index in [-0.39, 0.29) is 12.4 Å². The van der Waals surface area contributed by atoms with Gasteiger partial charge in [0.25, 0.3) is 0 Å². The molecule has 0 aliphatic rings. The van der Waals surface area contributed by atoms with E-state index in [1.165, 1.54) is 4.31 Å². The zero-order valence-electron chi connectivity index (χ0n) is 12.4. The molecule has 0 spiro atoms. The number of benzene rings is 1. The van der Waals surface area contributed by atoms with E-state index >= 15 is 0 Å². The van der Waals surface area contributed by atoms with Crippen LogP contribution in [0.15, 0.2) is 24.3 Å². The van der Waals surface area contributed by atoms with Gasteiger partial charge in [0.15, 0.2) is 0 Å². The molecule has 0 fully saturated rings. The molecule has 0 saturated carbocycles. The van der Waals surface area contributed by atoms with Crippen LogP contribution in [0.25, 0.3) is 0 Å². The van der Waals surface area contributed by atoms with Crippen molar-refractivity contribution in [1.29, 1.82) is 0 Å². The molecule has 1 rings (SSSR count). The van der Waals surface area contributed by atoms with E-state index < -0.39 is 10.0 Å². The van der Waals surface area contributed by atoms with Gasteiger partial charge in [-0.15, -0.1) is 0 Å². The lowest BCUT2D eigenvalue weighted by atomic mass is 10.1. The minimum absolute atomic E-state index is 0.0708. The molecule has 0 bridgehead atoms. The Labute approximate surface area is 126 Å².